The maximum absolute atomic E-state index is 10.9. The van der Waals surface area contributed by atoms with Gasteiger partial charge < -0.3 is 4.74 Å². The zero-order valence-corrected chi connectivity index (χ0v) is 8.39. The molecule has 0 N–H and O–H groups in total. The van der Waals surface area contributed by atoms with Crippen LogP contribution in [0.2, 0.25) is 0 Å². The Labute approximate surface area is 74.0 Å². The minimum atomic E-state index is -3.29. The topological polar surface area (TPSA) is 52.6 Å². The first-order valence-corrected chi connectivity index (χ1v) is 5.65. The second-order valence-corrected chi connectivity index (χ2v) is 3.98. The fourth-order valence-corrected chi connectivity index (χ4v) is 1.67. The van der Waals surface area contributed by atoms with Crippen molar-refractivity contribution in [3.63, 3.8) is 0 Å². The molecule has 0 saturated carbocycles. The molecule has 0 aliphatic carbocycles. The van der Waals surface area contributed by atoms with E-state index in [0.717, 1.165) is 0 Å². The molecular weight excluding hydrogens is 180 g/mol. The minimum absolute atomic E-state index is 0.0425. The molecule has 74 valence electrons. The summed E-state index contributed by atoms with van der Waals surface area (Å²) >= 11 is 0. The van der Waals surface area contributed by atoms with Crippen molar-refractivity contribution in [3.05, 3.63) is 0 Å². The lowest BCUT2D eigenvalue weighted by molar-refractivity contribution is 0.148. The predicted molar refractivity (Wildman–Crippen MR) is 46.5 cm³/mol. The largest absolute Gasteiger partial charge is 0.382 e. The molecule has 0 radical (unpaired) electrons. The average Bonchev–Trinajstić information content (AvgIpc) is 1.98. The highest BCUT2D eigenvalue weighted by Crippen LogP contribution is 1.96. The minimum Gasteiger partial charge on any atom is -0.382 e. The zero-order valence-electron chi connectivity index (χ0n) is 7.58. The van der Waals surface area contributed by atoms with Gasteiger partial charge in [0, 0.05) is 13.2 Å². The Kier molecular flexibility index (Phi) is 6.32. The lowest BCUT2D eigenvalue weighted by Crippen LogP contribution is -2.12. The van der Waals surface area contributed by atoms with E-state index < -0.39 is 10.1 Å². The second kappa shape index (κ2) is 6.39. The van der Waals surface area contributed by atoms with Gasteiger partial charge in [-0.25, -0.2) is 0 Å². The van der Waals surface area contributed by atoms with Crippen LogP contribution in [0.1, 0.15) is 20.3 Å². The molecule has 0 aliphatic rings. The summed E-state index contributed by atoms with van der Waals surface area (Å²) in [7, 11) is -3.29. The van der Waals surface area contributed by atoms with E-state index in [4.69, 9.17) is 4.74 Å². The van der Waals surface area contributed by atoms with E-state index in [-0.39, 0.29) is 12.4 Å². The quantitative estimate of drug-likeness (QED) is 0.446. The molecule has 0 unspecified atom stereocenters. The van der Waals surface area contributed by atoms with Gasteiger partial charge in [0.25, 0.3) is 10.1 Å². The van der Waals surface area contributed by atoms with Gasteiger partial charge in [-0.3, -0.25) is 4.18 Å². The first-order valence-electron chi connectivity index (χ1n) is 4.07. The lowest BCUT2D eigenvalue weighted by atomic mass is 10.5. The first kappa shape index (κ1) is 11.9. The number of hydrogen-bond donors (Lipinski definition) is 0. The third-order valence-electron chi connectivity index (χ3n) is 1.18. The fourth-order valence-electron chi connectivity index (χ4n) is 0.721. The van der Waals surface area contributed by atoms with Crippen molar-refractivity contribution in [2.45, 2.75) is 20.3 Å². The molecule has 0 bridgehead atoms. The van der Waals surface area contributed by atoms with Crippen molar-refractivity contribution in [1.82, 2.24) is 0 Å². The van der Waals surface area contributed by atoms with Crippen molar-refractivity contribution < 1.29 is 17.3 Å². The van der Waals surface area contributed by atoms with Gasteiger partial charge in [0.2, 0.25) is 0 Å². The summed E-state index contributed by atoms with van der Waals surface area (Å²) in [4.78, 5) is 0. The van der Waals surface area contributed by atoms with Gasteiger partial charge in [0.15, 0.2) is 0 Å². The zero-order chi connectivity index (χ0) is 9.45. The van der Waals surface area contributed by atoms with Gasteiger partial charge in [-0.1, -0.05) is 0 Å². The summed E-state index contributed by atoms with van der Waals surface area (Å²) in [5.41, 5.74) is 0. The molecule has 0 rings (SSSR count). The van der Waals surface area contributed by atoms with Crippen LogP contribution in [0, 0.1) is 0 Å². The van der Waals surface area contributed by atoms with Crippen LogP contribution in [0.25, 0.3) is 0 Å². The summed E-state index contributed by atoms with van der Waals surface area (Å²) in [5, 5.41) is 0. The molecule has 0 aromatic carbocycles. The predicted octanol–water partition coefficient (Wildman–Crippen LogP) is 0.779. The Bertz CT molecular complexity index is 186. The van der Waals surface area contributed by atoms with Gasteiger partial charge in [-0.2, -0.15) is 8.42 Å². The normalized spacial score (nSPS) is 11.8. The van der Waals surface area contributed by atoms with Crippen LogP contribution in [-0.4, -0.2) is 34.0 Å². The Morgan fingerprint density at radius 1 is 1.17 bits per heavy atom. The van der Waals surface area contributed by atoms with Gasteiger partial charge >= 0.3 is 0 Å². The van der Waals surface area contributed by atoms with E-state index in [1.807, 2.05) is 6.92 Å². The van der Waals surface area contributed by atoms with Crippen molar-refractivity contribution in [2.24, 2.45) is 0 Å². The van der Waals surface area contributed by atoms with Crippen molar-refractivity contribution in [1.29, 1.82) is 0 Å². The SMILES string of the molecule is CCOCCCS(=O)(=O)OCC. The van der Waals surface area contributed by atoms with E-state index >= 15 is 0 Å². The molecule has 0 atom stereocenters. The van der Waals surface area contributed by atoms with Crippen LogP contribution in [0.4, 0.5) is 0 Å². The highest BCUT2D eigenvalue weighted by molar-refractivity contribution is 7.86. The van der Waals surface area contributed by atoms with E-state index in [1.54, 1.807) is 6.92 Å². The standard InChI is InChI=1S/C7H16O4S/c1-3-10-6-5-7-12(8,9)11-4-2/h3-7H2,1-2H3. The van der Waals surface area contributed by atoms with Crippen LogP contribution in [-0.2, 0) is 19.0 Å². The molecule has 4 nitrogen and oxygen atoms in total. The van der Waals surface area contributed by atoms with Crippen molar-refractivity contribution >= 4 is 10.1 Å². The van der Waals surface area contributed by atoms with Gasteiger partial charge in [-0.05, 0) is 20.3 Å². The molecule has 0 aliphatic heterocycles. The Morgan fingerprint density at radius 3 is 2.33 bits per heavy atom. The molecule has 0 saturated heterocycles. The summed E-state index contributed by atoms with van der Waals surface area (Å²) < 4.78 is 31.3. The summed E-state index contributed by atoms with van der Waals surface area (Å²) in [6.45, 7) is 4.82. The Morgan fingerprint density at radius 2 is 1.83 bits per heavy atom. The average molecular weight is 196 g/mol. The van der Waals surface area contributed by atoms with Gasteiger partial charge in [0.05, 0.1) is 12.4 Å². The van der Waals surface area contributed by atoms with Gasteiger partial charge in [0.1, 0.15) is 0 Å². The Balaban J connectivity index is 3.48. The highest BCUT2D eigenvalue weighted by Gasteiger charge is 2.08. The van der Waals surface area contributed by atoms with E-state index in [2.05, 4.69) is 4.18 Å². The number of hydrogen-bond acceptors (Lipinski definition) is 4. The smallest absolute Gasteiger partial charge is 0.267 e. The molecule has 0 amide bonds. The summed E-state index contributed by atoms with van der Waals surface area (Å²) in [5.74, 6) is 0.0425. The molecule has 12 heavy (non-hydrogen) atoms. The molecule has 0 spiro atoms. The second-order valence-electron chi connectivity index (χ2n) is 2.22. The number of ether oxygens (including phenoxy) is 1. The molecule has 0 fully saturated rings. The third-order valence-corrected chi connectivity index (χ3v) is 2.57. The number of rotatable bonds is 7. The molecule has 0 aromatic rings. The highest BCUT2D eigenvalue weighted by atomic mass is 32.2. The third kappa shape index (κ3) is 6.57. The fraction of sp³-hybridized carbons (Fsp3) is 1.00. The van der Waals surface area contributed by atoms with E-state index in [0.29, 0.717) is 19.6 Å². The van der Waals surface area contributed by atoms with E-state index in [9.17, 15) is 8.42 Å². The Hall–Kier alpha value is -0.130. The van der Waals surface area contributed by atoms with E-state index in [1.165, 1.54) is 0 Å². The molecule has 0 heterocycles. The lowest BCUT2D eigenvalue weighted by Gasteiger charge is -2.02. The first-order chi connectivity index (χ1) is 5.62. The van der Waals surface area contributed by atoms with Gasteiger partial charge in [-0.15, -0.1) is 0 Å². The van der Waals surface area contributed by atoms with Crippen LogP contribution < -0.4 is 0 Å². The summed E-state index contributed by atoms with van der Waals surface area (Å²) in [6, 6.07) is 0. The van der Waals surface area contributed by atoms with Crippen LogP contribution in [0.15, 0.2) is 0 Å². The molecular formula is C7H16O4S. The van der Waals surface area contributed by atoms with Crippen LogP contribution in [0.5, 0.6) is 0 Å². The maximum Gasteiger partial charge on any atom is 0.267 e. The molecule has 5 heteroatoms. The van der Waals surface area contributed by atoms with Crippen molar-refractivity contribution in [2.75, 3.05) is 25.6 Å². The van der Waals surface area contributed by atoms with Crippen LogP contribution >= 0.6 is 0 Å². The monoisotopic (exact) mass is 196 g/mol. The summed E-state index contributed by atoms with van der Waals surface area (Å²) in [6.07, 6.45) is 0.496. The maximum atomic E-state index is 10.9. The molecule has 0 aromatic heterocycles. The van der Waals surface area contributed by atoms with Crippen molar-refractivity contribution in [3.8, 4) is 0 Å². The van der Waals surface area contributed by atoms with Crippen LogP contribution in [0.3, 0.4) is 0 Å².